The molecule has 80 valence electrons. The van der Waals surface area contributed by atoms with Crippen molar-refractivity contribution in [1.82, 2.24) is 9.97 Å². The van der Waals surface area contributed by atoms with E-state index in [9.17, 15) is 5.11 Å². The molecule has 0 fully saturated rings. The van der Waals surface area contributed by atoms with Gasteiger partial charge in [-0.05, 0) is 13.8 Å². The second-order valence-electron chi connectivity index (χ2n) is 3.66. The summed E-state index contributed by atoms with van der Waals surface area (Å²) in [6.45, 7) is 3.40. The molecule has 3 N–H and O–H groups in total. The van der Waals surface area contributed by atoms with Gasteiger partial charge in [0, 0.05) is 5.75 Å². The van der Waals surface area contributed by atoms with Gasteiger partial charge in [0.2, 0.25) is 0 Å². The monoisotopic (exact) mass is 224 g/mol. The molecular weight excluding hydrogens is 212 g/mol. The van der Waals surface area contributed by atoms with Crippen LogP contribution in [-0.2, 0) is 0 Å². The normalized spacial score (nSPS) is 11.1. The van der Waals surface area contributed by atoms with Gasteiger partial charge >= 0.3 is 0 Å². The summed E-state index contributed by atoms with van der Waals surface area (Å²) in [7, 11) is 0. The van der Waals surface area contributed by atoms with Gasteiger partial charge in [0.25, 0.3) is 0 Å². The zero-order valence-electron chi connectivity index (χ0n) is 8.56. The molecular formula is C9H12N4OS. The van der Waals surface area contributed by atoms with Gasteiger partial charge in [0.05, 0.1) is 11.8 Å². The second-order valence-corrected chi connectivity index (χ2v) is 4.61. The molecule has 1 rings (SSSR count). The number of thioether (sulfide) groups is 1. The van der Waals surface area contributed by atoms with Crippen LogP contribution in [0.2, 0.25) is 0 Å². The lowest BCUT2D eigenvalue weighted by Gasteiger charge is -2.15. The SMILES string of the molecule is CC(C)(O)CSc1ncc(C#N)c(N)n1. The Morgan fingerprint density at radius 2 is 2.33 bits per heavy atom. The Kier molecular flexibility index (Phi) is 3.50. The van der Waals surface area contributed by atoms with Crippen LogP contribution in [0.3, 0.4) is 0 Å². The number of anilines is 1. The minimum Gasteiger partial charge on any atom is -0.390 e. The average Bonchev–Trinajstić information content (AvgIpc) is 2.14. The summed E-state index contributed by atoms with van der Waals surface area (Å²) in [6, 6.07) is 1.89. The number of nitrogen functional groups attached to an aromatic ring is 1. The molecule has 0 aliphatic heterocycles. The lowest BCUT2D eigenvalue weighted by molar-refractivity contribution is 0.107. The van der Waals surface area contributed by atoms with E-state index in [1.807, 2.05) is 6.07 Å². The molecule has 6 heteroatoms. The summed E-state index contributed by atoms with van der Waals surface area (Å²) >= 11 is 1.30. The molecule has 0 bridgehead atoms. The van der Waals surface area contributed by atoms with Crippen LogP contribution in [0.5, 0.6) is 0 Å². The highest BCUT2D eigenvalue weighted by Crippen LogP contribution is 2.20. The van der Waals surface area contributed by atoms with E-state index in [1.165, 1.54) is 18.0 Å². The number of nitrogens with zero attached hydrogens (tertiary/aromatic N) is 3. The van der Waals surface area contributed by atoms with Crippen molar-refractivity contribution in [3.05, 3.63) is 11.8 Å². The molecule has 0 aromatic carbocycles. The Bertz CT molecular complexity index is 394. The number of nitriles is 1. The number of aliphatic hydroxyl groups is 1. The molecule has 0 spiro atoms. The summed E-state index contributed by atoms with van der Waals surface area (Å²) in [5, 5.41) is 18.6. The molecule has 1 aromatic heterocycles. The van der Waals surface area contributed by atoms with Gasteiger partial charge in [-0.2, -0.15) is 5.26 Å². The fraction of sp³-hybridized carbons (Fsp3) is 0.444. The van der Waals surface area contributed by atoms with Gasteiger partial charge in [0.1, 0.15) is 17.5 Å². The standard InChI is InChI=1S/C9H12N4OS/c1-9(2,14)5-15-8-12-4-6(3-10)7(11)13-8/h4,14H,5H2,1-2H3,(H2,11,12,13). The van der Waals surface area contributed by atoms with E-state index >= 15 is 0 Å². The van der Waals surface area contributed by atoms with Gasteiger partial charge in [-0.15, -0.1) is 0 Å². The van der Waals surface area contributed by atoms with Crippen molar-refractivity contribution in [2.24, 2.45) is 0 Å². The fourth-order valence-corrected chi connectivity index (χ4v) is 1.55. The van der Waals surface area contributed by atoms with Crippen molar-refractivity contribution < 1.29 is 5.11 Å². The van der Waals surface area contributed by atoms with E-state index in [1.54, 1.807) is 13.8 Å². The molecule has 5 nitrogen and oxygen atoms in total. The lowest BCUT2D eigenvalue weighted by atomic mass is 10.2. The molecule has 1 heterocycles. The molecule has 1 aromatic rings. The summed E-state index contributed by atoms with van der Waals surface area (Å²) in [5.74, 6) is 0.643. The van der Waals surface area contributed by atoms with E-state index in [4.69, 9.17) is 11.0 Å². The Morgan fingerprint density at radius 1 is 1.67 bits per heavy atom. The van der Waals surface area contributed by atoms with E-state index < -0.39 is 5.60 Å². The maximum atomic E-state index is 9.49. The third-order valence-electron chi connectivity index (χ3n) is 1.47. The molecule has 15 heavy (non-hydrogen) atoms. The van der Waals surface area contributed by atoms with Crippen LogP contribution < -0.4 is 5.73 Å². The molecule has 0 atom stereocenters. The Labute approximate surface area is 92.3 Å². The van der Waals surface area contributed by atoms with Gasteiger partial charge in [-0.3, -0.25) is 0 Å². The zero-order valence-corrected chi connectivity index (χ0v) is 9.38. The molecule has 0 radical (unpaired) electrons. The number of hydrogen-bond acceptors (Lipinski definition) is 6. The number of rotatable bonds is 3. The first-order chi connectivity index (χ1) is 6.92. The van der Waals surface area contributed by atoms with Crippen LogP contribution in [0.4, 0.5) is 5.82 Å². The first-order valence-electron chi connectivity index (χ1n) is 4.30. The van der Waals surface area contributed by atoms with Gasteiger partial charge < -0.3 is 10.8 Å². The smallest absolute Gasteiger partial charge is 0.189 e. The first-order valence-corrected chi connectivity index (χ1v) is 5.29. The van der Waals surface area contributed by atoms with Crippen LogP contribution in [0, 0.1) is 11.3 Å². The van der Waals surface area contributed by atoms with E-state index in [2.05, 4.69) is 9.97 Å². The van der Waals surface area contributed by atoms with Crippen molar-refractivity contribution in [2.45, 2.75) is 24.6 Å². The summed E-state index contributed by atoms with van der Waals surface area (Å²) in [5.41, 5.74) is 5.01. The van der Waals surface area contributed by atoms with Gasteiger partial charge in [-0.1, -0.05) is 11.8 Å². The molecule has 0 aliphatic carbocycles. The van der Waals surface area contributed by atoms with E-state index in [0.717, 1.165) is 0 Å². The average molecular weight is 224 g/mol. The quantitative estimate of drug-likeness (QED) is 0.582. The number of nitrogens with two attached hydrogens (primary N) is 1. The third-order valence-corrected chi connectivity index (χ3v) is 2.78. The van der Waals surface area contributed by atoms with Gasteiger partial charge in [-0.25, -0.2) is 9.97 Å². The predicted molar refractivity (Wildman–Crippen MR) is 58.2 cm³/mol. The highest BCUT2D eigenvalue weighted by atomic mass is 32.2. The fourth-order valence-electron chi connectivity index (χ4n) is 0.775. The largest absolute Gasteiger partial charge is 0.390 e. The number of aromatic nitrogens is 2. The van der Waals surface area contributed by atoms with E-state index in [0.29, 0.717) is 10.9 Å². The van der Waals surface area contributed by atoms with Crippen molar-refractivity contribution in [1.29, 1.82) is 5.26 Å². The van der Waals surface area contributed by atoms with Crippen LogP contribution in [-0.4, -0.2) is 26.4 Å². The molecule has 0 unspecified atom stereocenters. The predicted octanol–water partition coefficient (Wildman–Crippen LogP) is 0.793. The molecule has 0 amide bonds. The Balaban J connectivity index is 2.73. The van der Waals surface area contributed by atoms with Crippen LogP contribution in [0.15, 0.2) is 11.4 Å². The zero-order chi connectivity index (χ0) is 11.5. The highest BCUT2D eigenvalue weighted by Gasteiger charge is 2.14. The number of hydrogen-bond donors (Lipinski definition) is 2. The highest BCUT2D eigenvalue weighted by molar-refractivity contribution is 7.99. The van der Waals surface area contributed by atoms with Crippen molar-refractivity contribution in [2.75, 3.05) is 11.5 Å². The first kappa shape index (κ1) is 11.8. The molecule has 0 aliphatic rings. The van der Waals surface area contributed by atoms with Crippen molar-refractivity contribution in [3.63, 3.8) is 0 Å². The van der Waals surface area contributed by atoms with Gasteiger partial charge in [0.15, 0.2) is 5.16 Å². The maximum absolute atomic E-state index is 9.49. The van der Waals surface area contributed by atoms with Crippen LogP contribution >= 0.6 is 11.8 Å². The van der Waals surface area contributed by atoms with Crippen molar-refractivity contribution in [3.8, 4) is 6.07 Å². The lowest BCUT2D eigenvalue weighted by Crippen LogP contribution is -2.21. The van der Waals surface area contributed by atoms with E-state index in [-0.39, 0.29) is 11.4 Å². The maximum Gasteiger partial charge on any atom is 0.189 e. The summed E-state index contributed by atoms with van der Waals surface area (Å²) in [4.78, 5) is 7.89. The Hall–Kier alpha value is -1.32. The van der Waals surface area contributed by atoms with Crippen LogP contribution in [0.25, 0.3) is 0 Å². The summed E-state index contributed by atoms with van der Waals surface area (Å²) in [6.07, 6.45) is 1.38. The minimum atomic E-state index is -0.781. The minimum absolute atomic E-state index is 0.172. The van der Waals surface area contributed by atoms with Crippen LogP contribution in [0.1, 0.15) is 19.4 Å². The summed E-state index contributed by atoms with van der Waals surface area (Å²) < 4.78 is 0. The molecule has 0 saturated carbocycles. The topological polar surface area (TPSA) is 95.8 Å². The molecule has 0 saturated heterocycles. The third kappa shape index (κ3) is 3.73. The van der Waals surface area contributed by atoms with Crippen molar-refractivity contribution >= 4 is 17.6 Å². The second kappa shape index (κ2) is 4.47. The Morgan fingerprint density at radius 3 is 2.80 bits per heavy atom.